The number of rotatable bonds is 5. The molecule has 0 aromatic carbocycles. The maximum Gasteiger partial charge on any atom is 0.0530 e. The van der Waals surface area contributed by atoms with Gasteiger partial charge in [0.05, 0.1) is 6.61 Å². The molecule has 0 aromatic heterocycles. The van der Waals surface area contributed by atoms with E-state index in [0.29, 0.717) is 11.3 Å². The lowest BCUT2D eigenvalue weighted by atomic mass is 9.90. The number of hydrogen-bond donors (Lipinski definition) is 0. The van der Waals surface area contributed by atoms with Gasteiger partial charge in [-0.05, 0) is 18.8 Å². The Morgan fingerprint density at radius 2 is 1.92 bits per heavy atom. The molecule has 0 amide bonds. The Kier molecular flexibility index (Phi) is 4.74. The lowest BCUT2D eigenvalue weighted by molar-refractivity contribution is 0.0442. The minimum absolute atomic E-state index is 0.467. The summed E-state index contributed by atoms with van der Waals surface area (Å²) in [7, 11) is 0. The Labute approximate surface area is 90.4 Å². The van der Waals surface area contributed by atoms with Crippen LogP contribution in [0.15, 0.2) is 0 Å². The highest BCUT2D eigenvalue weighted by molar-refractivity contribution is 9.09. The van der Waals surface area contributed by atoms with Gasteiger partial charge in [0.1, 0.15) is 0 Å². The van der Waals surface area contributed by atoms with Gasteiger partial charge in [-0.1, -0.05) is 42.6 Å². The Bertz CT molecular complexity index is 139. The molecule has 0 aliphatic heterocycles. The quantitative estimate of drug-likeness (QED) is 0.676. The Morgan fingerprint density at radius 1 is 1.31 bits per heavy atom. The second-order valence-corrected chi connectivity index (χ2v) is 5.31. The van der Waals surface area contributed by atoms with Crippen LogP contribution in [0.25, 0.3) is 0 Å². The standard InChI is InChI=1S/C11H21BrO/c1-10(2)7-13-9-11(8-12)5-3-4-6-11/h10H,3-9H2,1-2H3. The number of ether oxygens (including phenoxy) is 1. The summed E-state index contributed by atoms with van der Waals surface area (Å²) in [5.41, 5.74) is 0.467. The average molecular weight is 249 g/mol. The van der Waals surface area contributed by atoms with Crippen LogP contribution in [-0.2, 0) is 4.74 Å². The zero-order valence-corrected chi connectivity index (χ0v) is 10.4. The number of hydrogen-bond acceptors (Lipinski definition) is 1. The van der Waals surface area contributed by atoms with Gasteiger partial charge in [0.25, 0.3) is 0 Å². The smallest absolute Gasteiger partial charge is 0.0530 e. The lowest BCUT2D eigenvalue weighted by Crippen LogP contribution is -2.26. The molecule has 0 heterocycles. The van der Waals surface area contributed by atoms with Gasteiger partial charge in [0, 0.05) is 17.4 Å². The molecule has 0 aromatic rings. The predicted octanol–water partition coefficient (Wildman–Crippen LogP) is 3.61. The Hall–Kier alpha value is 0.440. The first-order chi connectivity index (χ1) is 6.18. The van der Waals surface area contributed by atoms with E-state index >= 15 is 0 Å². The highest BCUT2D eigenvalue weighted by atomic mass is 79.9. The second-order valence-electron chi connectivity index (χ2n) is 4.75. The van der Waals surface area contributed by atoms with Crippen LogP contribution < -0.4 is 0 Å². The summed E-state index contributed by atoms with van der Waals surface area (Å²) in [6, 6.07) is 0. The zero-order chi connectivity index (χ0) is 9.73. The largest absolute Gasteiger partial charge is 0.381 e. The molecular formula is C11H21BrO. The van der Waals surface area contributed by atoms with Gasteiger partial charge in [0.15, 0.2) is 0 Å². The third kappa shape index (κ3) is 3.59. The first-order valence-electron chi connectivity index (χ1n) is 5.32. The van der Waals surface area contributed by atoms with E-state index in [4.69, 9.17) is 4.74 Å². The van der Waals surface area contributed by atoms with Crippen molar-refractivity contribution in [3.05, 3.63) is 0 Å². The van der Waals surface area contributed by atoms with Crippen LogP contribution >= 0.6 is 15.9 Å². The van der Waals surface area contributed by atoms with Crippen molar-refractivity contribution in [1.82, 2.24) is 0 Å². The molecular weight excluding hydrogens is 228 g/mol. The van der Waals surface area contributed by atoms with E-state index in [1.54, 1.807) is 0 Å². The summed E-state index contributed by atoms with van der Waals surface area (Å²) in [4.78, 5) is 0. The lowest BCUT2D eigenvalue weighted by Gasteiger charge is -2.26. The first kappa shape index (κ1) is 11.5. The molecule has 0 radical (unpaired) electrons. The van der Waals surface area contributed by atoms with E-state index in [-0.39, 0.29) is 0 Å². The maximum absolute atomic E-state index is 5.74. The van der Waals surface area contributed by atoms with E-state index in [0.717, 1.165) is 18.5 Å². The predicted molar refractivity (Wildman–Crippen MR) is 60.4 cm³/mol. The van der Waals surface area contributed by atoms with Crippen LogP contribution in [-0.4, -0.2) is 18.5 Å². The molecule has 1 fully saturated rings. The van der Waals surface area contributed by atoms with Gasteiger partial charge in [-0.3, -0.25) is 0 Å². The molecule has 1 aliphatic rings. The highest BCUT2D eigenvalue weighted by Crippen LogP contribution is 2.39. The highest BCUT2D eigenvalue weighted by Gasteiger charge is 2.32. The van der Waals surface area contributed by atoms with Crippen LogP contribution in [0.3, 0.4) is 0 Å². The van der Waals surface area contributed by atoms with Gasteiger partial charge in [-0.25, -0.2) is 0 Å². The minimum Gasteiger partial charge on any atom is -0.381 e. The Morgan fingerprint density at radius 3 is 2.38 bits per heavy atom. The molecule has 0 saturated heterocycles. The van der Waals surface area contributed by atoms with Crippen LogP contribution in [0.2, 0.25) is 0 Å². The van der Waals surface area contributed by atoms with Crippen molar-refractivity contribution < 1.29 is 4.74 Å². The summed E-state index contributed by atoms with van der Waals surface area (Å²) in [6.07, 6.45) is 5.46. The summed E-state index contributed by atoms with van der Waals surface area (Å²) >= 11 is 3.62. The molecule has 1 saturated carbocycles. The van der Waals surface area contributed by atoms with Crippen molar-refractivity contribution in [2.45, 2.75) is 39.5 Å². The molecule has 0 atom stereocenters. The van der Waals surface area contributed by atoms with Crippen molar-refractivity contribution in [2.75, 3.05) is 18.5 Å². The van der Waals surface area contributed by atoms with Gasteiger partial charge < -0.3 is 4.74 Å². The third-order valence-corrected chi connectivity index (χ3v) is 4.00. The molecule has 0 bridgehead atoms. The van der Waals surface area contributed by atoms with Crippen LogP contribution in [0.1, 0.15) is 39.5 Å². The molecule has 78 valence electrons. The fourth-order valence-electron chi connectivity index (χ4n) is 1.95. The second kappa shape index (κ2) is 5.35. The van der Waals surface area contributed by atoms with E-state index in [1.807, 2.05) is 0 Å². The minimum atomic E-state index is 0.467. The van der Waals surface area contributed by atoms with Gasteiger partial charge in [-0.2, -0.15) is 0 Å². The van der Waals surface area contributed by atoms with E-state index < -0.39 is 0 Å². The van der Waals surface area contributed by atoms with Crippen molar-refractivity contribution in [1.29, 1.82) is 0 Å². The molecule has 0 N–H and O–H groups in total. The molecule has 1 nitrogen and oxygen atoms in total. The van der Waals surface area contributed by atoms with E-state index in [9.17, 15) is 0 Å². The summed E-state index contributed by atoms with van der Waals surface area (Å²) in [6.45, 7) is 6.27. The number of halogens is 1. The van der Waals surface area contributed by atoms with Crippen LogP contribution in [0.4, 0.5) is 0 Å². The monoisotopic (exact) mass is 248 g/mol. The van der Waals surface area contributed by atoms with Crippen molar-refractivity contribution in [2.24, 2.45) is 11.3 Å². The van der Waals surface area contributed by atoms with Gasteiger partial charge in [-0.15, -0.1) is 0 Å². The average Bonchev–Trinajstić information content (AvgIpc) is 2.53. The third-order valence-electron chi connectivity index (χ3n) is 2.81. The molecule has 1 rings (SSSR count). The molecule has 13 heavy (non-hydrogen) atoms. The van der Waals surface area contributed by atoms with Crippen LogP contribution in [0, 0.1) is 11.3 Å². The van der Waals surface area contributed by atoms with Crippen molar-refractivity contribution in [3.63, 3.8) is 0 Å². The van der Waals surface area contributed by atoms with Gasteiger partial charge in [0.2, 0.25) is 0 Å². The summed E-state index contributed by atoms with van der Waals surface area (Å²) in [5, 5.41) is 1.11. The summed E-state index contributed by atoms with van der Waals surface area (Å²) in [5.74, 6) is 0.661. The summed E-state index contributed by atoms with van der Waals surface area (Å²) < 4.78 is 5.74. The maximum atomic E-state index is 5.74. The molecule has 0 spiro atoms. The van der Waals surface area contributed by atoms with E-state index in [2.05, 4.69) is 29.8 Å². The Balaban J connectivity index is 2.23. The molecule has 0 unspecified atom stereocenters. The zero-order valence-electron chi connectivity index (χ0n) is 8.81. The normalized spacial score (nSPS) is 21.2. The molecule has 2 heteroatoms. The topological polar surface area (TPSA) is 9.23 Å². The van der Waals surface area contributed by atoms with Gasteiger partial charge >= 0.3 is 0 Å². The number of alkyl halides is 1. The molecule has 1 aliphatic carbocycles. The fraction of sp³-hybridized carbons (Fsp3) is 1.00. The first-order valence-corrected chi connectivity index (χ1v) is 6.44. The van der Waals surface area contributed by atoms with Crippen LogP contribution in [0.5, 0.6) is 0 Å². The SMILES string of the molecule is CC(C)COCC1(CBr)CCCC1. The fourth-order valence-corrected chi connectivity index (χ4v) is 2.68. The van der Waals surface area contributed by atoms with Crippen molar-refractivity contribution >= 4 is 15.9 Å². The van der Waals surface area contributed by atoms with E-state index in [1.165, 1.54) is 25.7 Å². The van der Waals surface area contributed by atoms with Crippen molar-refractivity contribution in [3.8, 4) is 0 Å².